The molecule has 2 amide bonds. The summed E-state index contributed by atoms with van der Waals surface area (Å²) < 4.78 is 38.6. The van der Waals surface area contributed by atoms with Gasteiger partial charge in [-0.1, -0.05) is 24.3 Å². The largest absolute Gasteiger partial charge is 0.481 e. The van der Waals surface area contributed by atoms with Crippen molar-refractivity contribution in [1.29, 1.82) is 0 Å². The Kier molecular flexibility index (Phi) is 9.08. The Morgan fingerprint density at radius 2 is 1.72 bits per heavy atom. The van der Waals surface area contributed by atoms with Gasteiger partial charge in [-0.05, 0) is 61.3 Å². The smallest absolute Gasteiger partial charge is 0.416 e. The summed E-state index contributed by atoms with van der Waals surface area (Å²) in [6.07, 6.45) is -2.78. The molecule has 1 unspecified atom stereocenters. The molecule has 10 heteroatoms. The van der Waals surface area contributed by atoms with Gasteiger partial charge in [0.2, 0.25) is 11.8 Å². The fraction of sp³-hybridized carbons (Fsp3) is 0.423. The van der Waals surface area contributed by atoms with Crippen LogP contribution >= 0.6 is 0 Å². The summed E-state index contributed by atoms with van der Waals surface area (Å²) in [5.74, 6) is -1.72. The van der Waals surface area contributed by atoms with E-state index < -0.39 is 23.6 Å². The molecule has 0 radical (unpaired) electrons. The lowest BCUT2D eigenvalue weighted by molar-refractivity contribution is -0.138. The molecule has 36 heavy (non-hydrogen) atoms. The first-order chi connectivity index (χ1) is 17.0. The van der Waals surface area contributed by atoms with E-state index >= 15 is 0 Å². The number of halogens is 3. The zero-order chi connectivity index (χ0) is 26.3. The van der Waals surface area contributed by atoms with Crippen LogP contribution < -0.4 is 5.32 Å². The molecule has 2 aromatic carbocycles. The molecule has 2 N–H and O–H groups in total. The van der Waals surface area contributed by atoms with E-state index in [9.17, 15) is 27.6 Å². The molecule has 0 spiro atoms. The van der Waals surface area contributed by atoms with Crippen LogP contribution in [0.25, 0.3) is 0 Å². The van der Waals surface area contributed by atoms with Crippen molar-refractivity contribution in [2.75, 3.05) is 32.0 Å². The standard InChI is InChI=1S/C26H30F3N3O4/c1-31(24(34)15-18-7-9-20(10-8-18)26(27,28)29)22(17-32-13-2-3-14-32)19-5-4-6-21(16-19)30-23(33)11-12-25(35)36/h4-10,16,22H,2-3,11-15,17H2,1H3,(H,30,33)(H,35,36). The molecule has 1 aliphatic heterocycles. The Labute approximate surface area is 207 Å². The van der Waals surface area contributed by atoms with Crippen LogP contribution in [-0.2, 0) is 27.0 Å². The summed E-state index contributed by atoms with van der Waals surface area (Å²) in [4.78, 5) is 39.8. The van der Waals surface area contributed by atoms with Gasteiger partial charge in [-0.15, -0.1) is 0 Å². The van der Waals surface area contributed by atoms with Gasteiger partial charge in [0.05, 0.1) is 24.4 Å². The number of benzene rings is 2. The quantitative estimate of drug-likeness (QED) is 0.501. The molecule has 0 bridgehead atoms. The summed E-state index contributed by atoms with van der Waals surface area (Å²) in [5, 5.41) is 11.5. The van der Waals surface area contributed by atoms with Crippen LogP contribution in [0.3, 0.4) is 0 Å². The molecular weight excluding hydrogens is 475 g/mol. The maximum atomic E-state index is 13.2. The Morgan fingerprint density at radius 3 is 2.33 bits per heavy atom. The Morgan fingerprint density at radius 1 is 1.06 bits per heavy atom. The van der Waals surface area contributed by atoms with Crippen LogP contribution in [0.1, 0.15) is 48.4 Å². The van der Waals surface area contributed by atoms with Crippen molar-refractivity contribution >= 4 is 23.5 Å². The molecule has 2 aromatic rings. The Bertz CT molecular complexity index is 1070. The van der Waals surface area contributed by atoms with Gasteiger partial charge in [0.1, 0.15) is 0 Å². The number of carboxylic acid groups (broad SMARTS) is 1. The minimum absolute atomic E-state index is 0.0449. The summed E-state index contributed by atoms with van der Waals surface area (Å²) in [7, 11) is 1.67. The normalized spacial score (nSPS) is 14.9. The highest BCUT2D eigenvalue weighted by Gasteiger charge is 2.30. The highest BCUT2D eigenvalue weighted by molar-refractivity contribution is 5.92. The monoisotopic (exact) mass is 505 g/mol. The molecule has 1 aliphatic rings. The number of carbonyl (C=O) groups excluding carboxylic acids is 2. The summed E-state index contributed by atoms with van der Waals surface area (Å²) in [6.45, 7) is 2.39. The van der Waals surface area contributed by atoms with E-state index in [2.05, 4.69) is 10.2 Å². The highest BCUT2D eigenvalue weighted by atomic mass is 19.4. The zero-order valence-corrected chi connectivity index (χ0v) is 20.1. The number of hydrogen-bond acceptors (Lipinski definition) is 4. The van der Waals surface area contributed by atoms with Crippen LogP contribution in [0.5, 0.6) is 0 Å². The first-order valence-electron chi connectivity index (χ1n) is 11.8. The van der Waals surface area contributed by atoms with Crippen molar-refractivity contribution in [3.63, 3.8) is 0 Å². The molecule has 1 atom stereocenters. The number of carboxylic acids is 1. The van der Waals surface area contributed by atoms with Gasteiger partial charge < -0.3 is 20.2 Å². The van der Waals surface area contributed by atoms with Crippen LogP contribution in [0.2, 0.25) is 0 Å². The van der Waals surface area contributed by atoms with Crippen molar-refractivity contribution < 1.29 is 32.7 Å². The van der Waals surface area contributed by atoms with Crippen molar-refractivity contribution in [2.24, 2.45) is 0 Å². The number of alkyl halides is 3. The molecule has 1 saturated heterocycles. The van der Waals surface area contributed by atoms with Crippen molar-refractivity contribution in [2.45, 2.75) is 44.3 Å². The fourth-order valence-corrected chi connectivity index (χ4v) is 4.21. The summed E-state index contributed by atoms with van der Waals surface area (Å²) in [5.41, 5.74) is 1.01. The van der Waals surface area contributed by atoms with Gasteiger partial charge in [-0.3, -0.25) is 14.4 Å². The molecule has 194 valence electrons. The van der Waals surface area contributed by atoms with E-state index in [1.165, 1.54) is 12.1 Å². The van der Waals surface area contributed by atoms with Gasteiger partial charge in [0.15, 0.2) is 0 Å². The van der Waals surface area contributed by atoms with Crippen LogP contribution in [-0.4, -0.2) is 59.4 Å². The summed E-state index contributed by atoms with van der Waals surface area (Å²) in [6, 6.07) is 11.3. The SMILES string of the molecule is CN(C(=O)Cc1ccc(C(F)(F)F)cc1)C(CN1CCCC1)c1cccc(NC(=O)CCC(=O)O)c1. The van der Waals surface area contributed by atoms with E-state index in [0.29, 0.717) is 17.8 Å². The maximum Gasteiger partial charge on any atom is 0.416 e. The predicted molar refractivity (Wildman–Crippen MR) is 128 cm³/mol. The zero-order valence-electron chi connectivity index (χ0n) is 20.1. The average Bonchev–Trinajstić information content (AvgIpc) is 3.34. The lowest BCUT2D eigenvalue weighted by Gasteiger charge is -2.32. The van der Waals surface area contributed by atoms with E-state index in [4.69, 9.17) is 5.11 Å². The van der Waals surface area contributed by atoms with Gasteiger partial charge in [-0.2, -0.15) is 13.2 Å². The number of anilines is 1. The first kappa shape index (κ1) is 27.2. The third kappa shape index (κ3) is 7.81. The minimum Gasteiger partial charge on any atom is -0.481 e. The van der Waals surface area contributed by atoms with Gasteiger partial charge in [0, 0.05) is 25.7 Å². The van der Waals surface area contributed by atoms with Gasteiger partial charge in [0.25, 0.3) is 0 Å². The van der Waals surface area contributed by atoms with Gasteiger partial charge in [-0.25, -0.2) is 0 Å². The highest BCUT2D eigenvalue weighted by Crippen LogP contribution is 2.30. The molecule has 0 aliphatic carbocycles. The third-order valence-electron chi connectivity index (χ3n) is 6.25. The lowest BCUT2D eigenvalue weighted by Crippen LogP contribution is -2.39. The predicted octanol–water partition coefficient (Wildman–Crippen LogP) is 4.35. The second-order valence-corrected chi connectivity index (χ2v) is 8.97. The number of likely N-dealkylation sites (N-methyl/N-ethyl adjacent to an activating group) is 1. The number of aliphatic carboxylic acids is 1. The molecule has 7 nitrogen and oxygen atoms in total. The fourth-order valence-electron chi connectivity index (χ4n) is 4.21. The molecule has 3 rings (SSSR count). The average molecular weight is 506 g/mol. The molecule has 0 saturated carbocycles. The Balaban J connectivity index is 1.76. The number of nitrogens with one attached hydrogen (secondary N) is 1. The van der Waals surface area contributed by atoms with Crippen LogP contribution in [0.4, 0.5) is 18.9 Å². The second kappa shape index (κ2) is 12.0. The number of carbonyl (C=O) groups is 3. The van der Waals surface area contributed by atoms with Crippen molar-refractivity contribution in [3.05, 3.63) is 65.2 Å². The molecule has 1 fully saturated rings. The van der Waals surface area contributed by atoms with Crippen LogP contribution in [0, 0.1) is 0 Å². The van der Waals surface area contributed by atoms with Crippen molar-refractivity contribution in [1.82, 2.24) is 9.80 Å². The minimum atomic E-state index is -4.44. The van der Waals surface area contributed by atoms with Crippen molar-refractivity contribution in [3.8, 4) is 0 Å². The van der Waals surface area contributed by atoms with E-state index in [-0.39, 0.29) is 31.2 Å². The number of likely N-dealkylation sites (tertiary alicyclic amines) is 1. The lowest BCUT2D eigenvalue weighted by atomic mass is 10.0. The molecular formula is C26H30F3N3O4. The number of hydrogen-bond donors (Lipinski definition) is 2. The maximum absolute atomic E-state index is 13.2. The topological polar surface area (TPSA) is 90.0 Å². The first-order valence-corrected chi connectivity index (χ1v) is 11.8. The van der Waals surface area contributed by atoms with Crippen LogP contribution in [0.15, 0.2) is 48.5 Å². The van der Waals surface area contributed by atoms with E-state index in [0.717, 1.165) is 43.6 Å². The number of amides is 2. The molecule has 0 aromatic heterocycles. The van der Waals surface area contributed by atoms with E-state index in [1.807, 2.05) is 6.07 Å². The summed E-state index contributed by atoms with van der Waals surface area (Å²) >= 11 is 0. The number of nitrogens with zero attached hydrogens (tertiary/aromatic N) is 2. The van der Waals surface area contributed by atoms with Gasteiger partial charge >= 0.3 is 12.1 Å². The number of rotatable bonds is 10. The molecule has 1 heterocycles. The third-order valence-corrected chi connectivity index (χ3v) is 6.25. The Hall–Kier alpha value is -3.40. The van der Waals surface area contributed by atoms with E-state index in [1.54, 1.807) is 30.1 Å². The second-order valence-electron chi connectivity index (χ2n) is 8.97.